The van der Waals surface area contributed by atoms with Crippen molar-refractivity contribution < 1.29 is 16.8 Å². The normalized spacial score (nSPS) is 11.4. The lowest BCUT2D eigenvalue weighted by Gasteiger charge is -1.96. The molecule has 0 aliphatic rings. The van der Waals surface area contributed by atoms with E-state index < -0.39 is 19.1 Å². The molecule has 21 heavy (non-hydrogen) atoms. The van der Waals surface area contributed by atoms with Crippen molar-refractivity contribution in [2.24, 2.45) is 5.14 Å². The minimum atomic E-state index is -3.69. The van der Waals surface area contributed by atoms with Crippen LogP contribution in [-0.2, 0) is 19.1 Å². The van der Waals surface area contributed by atoms with Gasteiger partial charge in [-0.05, 0) is 24.3 Å². The summed E-state index contributed by atoms with van der Waals surface area (Å²) in [6, 6.07) is 13.9. The van der Waals surface area contributed by atoms with Gasteiger partial charge in [0.05, 0.1) is 9.92 Å². The van der Waals surface area contributed by atoms with Crippen LogP contribution in [0.2, 0.25) is 5.02 Å². The Kier molecular flexibility index (Phi) is 6.18. The van der Waals surface area contributed by atoms with Crippen molar-refractivity contribution in [2.75, 3.05) is 0 Å². The monoisotopic (exact) mass is 367 g/mol. The molecular formula is C12H11Cl2NO4S2. The first-order valence-electron chi connectivity index (χ1n) is 5.39. The summed E-state index contributed by atoms with van der Waals surface area (Å²) in [5, 5.41) is 4.97. The van der Waals surface area contributed by atoms with Gasteiger partial charge in [-0.25, -0.2) is 22.0 Å². The second-order valence-corrected chi connectivity index (χ2v) is 8.23. The zero-order valence-electron chi connectivity index (χ0n) is 10.5. The first-order valence-corrected chi connectivity index (χ1v) is 9.63. The third kappa shape index (κ3) is 6.03. The fraction of sp³-hybridized carbons (Fsp3) is 0. The molecule has 2 aromatic rings. The van der Waals surface area contributed by atoms with Gasteiger partial charge in [0.25, 0.3) is 9.05 Å². The first-order chi connectivity index (χ1) is 9.62. The summed E-state index contributed by atoms with van der Waals surface area (Å²) in [6.45, 7) is 0. The lowest BCUT2D eigenvalue weighted by atomic mass is 10.4. The Balaban J connectivity index is 0.000000211. The maximum absolute atomic E-state index is 10.7. The highest BCUT2D eigenvalue weighted by Gasteiger charge is 2.12. The molecule has 0 radical (unpaired) electrons. The Morgan fingerprint density at radius 1 is 0.810 bits per heavy atom. The molecule has 0 aromatic heterocycles. The molecule has 0 bridgehead atoms. The lowest BCUT2D eigenvalue weighted by molar-refractivity contribution is 0.597. The summed E-state index contributed by atoms with van der Waals surface area (Å²) >= 11 is 5.55. The summed E-state index contributed by atoms with van der Waals surface area (Å²) < 4.78 is 42.7. The van der Waals surface area contributed by atoms with Crippen LogP contribution in [0.3, 0.4) is 0 Å². The highest BCUT2D eigenvalue weighted by Crippen LogP contribution is 2.23. The number of hydrogen-bond acceptors (Lipinski definition) is 4. The number of hydrogen-bond donors (Lipinski definition) is 1. The van der Waals surface area contributed by atoms with Crippen LogP contribution < -0.4 is 5.14 Å². The standard InChI is InChI=1S/C6H4Cl2O2S.C6H7NO2S/c7-5-3-1-2-4-6(5)11(8,9)10;7-10(8,9)6-4-2-1-3-5-6/h1-4H;1-5H,(H2,7,8,9). The van der Waals surface area contributed by atoms with Crippen molar-refractivity contribution >= 4 is 41.4 Å². The van der Waals surface area contributed by atoms with Gasteiger partial charge in [-0.3, -0.25) is 0 Å². The predicted octanol–water partition coefficient (Wildman–Crippen LogP) is 2.60. The molecule has 0 saturated heterocycles. The van der Waals surface area contributed by atoms with Crippen LogP contribution in [0.25, 0.3) is 0 Å². The molecule has 0 aliphatic heterocycles. The minimum Gasteiger partial charge on any atom is -0.225 e. The number of benzene rings is 2. The third-order valence-electron chi connectivity index (χ3n) is 2.17. The third-order valence-corrected chi connectivity index (χ3v) is 4.92. The predicted molar refractivity (Wildman–Crippen MR) is 82.3 cm³/mol. The average Bonchev–Trinajstić information content (AvgIpc) is 2.39. The Morgan fingerprint density at radius 2 is 1.29 bits per heavy atom. The van der Waals surface area contributed by atoms with E-state index in [-0.39, 0.29) is 14.8 Å². The maximum atomic E-state index is 10.7. The van der Waals surface area contributed by atoms with E-state index in [0.717, 1.165) is 0 Å². The van der Waals surface area contributed by atoms with E-state index in [1.54, 1.807) is 30.3 Å². The summed E-state index contributed by atoms with van der Waals surface area (Å²) in [5.74, 6) is 0. The average molecular weight is 368 g/mol. The van der Waals surface area contributed by atoms with E-state index in [2.05, 4.69) is 0 Å². The summed E-state index contributed by atoms with van der Waals surface area (Å²) in [7, 11) is -2.14. The van der Waals surface area contributed by atoms with E-state index in [9.17, 15) is 16.8 Å². The fourth-order valence-corrected chi connectivity index (χ4v) is 3.29. The Bertz CT molecular complexity index is 806. The molecule has 0 fully saturated rings. The second-order valence-electron chi connectivity index (χ2n) is 3.73. The number of nitrogens with two attached hydrogens (primary N) is 1. The Hall–Kier alpha value is -1.12. The van der Waals surface area contributed by atoms with E-state index >= 15 is 0 Å². The van der Waals surface area contributed by atoms with E-state index in [1.165, 1.54) is 24.3 Å². The largest absolute Gasteiger partial charge is 0.262 e. The van der Waals surface area contributed by atoms with Crippen LogP contribution in [0.1, 0.15) is 0 Å². The topological polar surface area (TPSA) is 94.3 Å². The van der Waals surface area contributed by atoms with Crippen LogP contribution in [0, 0.1) is 0 Å². The molecule has 0 atom stereocenters. The van der Waals surface area contributed by atoms with Crippen molar-refractivity contribution in [3.05, 3.63) is 59.6 Å². The fourth-order valence-electron chi connectivity index (χ4n) is 1.25. The molecule has 0 saturated carbocycles. The number of halogens is 2. The molecule has 114 valence electrons. The van der Waals surface area contributed by atoms with Gasteiger partial charge in [-0.1, -0.05) is 41.9 Å². The van der Waals surface area contributed by atoms with Crippen molar-refractivity contribution in [3.63, 3.8) is 0 Å². The van der Waals surface area contributed by atoms with Crippen LogP contribution in [-0.4, -0.2) is 16.8 Å². The molecule has 0 amide bonds. The smallest absolute Gasteiger partial charge is 0.225 e. The van der Waals surface area contributed by atoms with Gasteiger partial charge in [0, 0.05) is 10.7 Å². The highest BCUT2D eigenvalue weighted by atomic mass is 35.7. The van der Waals surface area contributed by atoms with Crippen LogP contribution in [0.15, 0.2) is 64.4 Å². The van der Waals surface area contributed by atoms with E-state index in [1.807, 2.05) is 0 Å². The Morgan fingerprint density at radius 3 is 1.62 bits per heavy atom. The zero-order chi connectivity index (χ0) is 16.1. The molecule has 0 spiro atoms. The molecular weight excluding hydrogens is 357 g/mol. The van der Waals surface area contributed by atoms with Gasteiger partial charge in [0.15, 0.2) is 0 Å². The van der Waals surface area contributed by atoms with Crippen molar-refractivity contribution in [3.8, 4) is 0 Å². The minimum absolute atomic E-state index is 0.0525. The SMILES string of the molecule is NS(=O)(=O)c1ccccc1.O=S(=O)(Cl)c1ccccc1Cl. The molecule has 2 rings (SSSR count). The Labute approximate surface area is 132 Å². The van der Waals surface area contributed by atoms with Gasteiger partial charge >= 0.3 is 0 Å². The van der Waals surface area contributed by atoms with Crippen LogP contribution in [0.5, 0.6) is 0 Å². The van der Waals surface area contributed by atoms with Crippen molar-refractivity contribution in [1.82, 2.24) is 0 Å². The molecule has 0 unspecified atom stereocenters. The van der Waals surface area contributed by atoms with Crippen LogP contribution >= 0.6 is 22.3 Å². The summed E-state index contributed by atoms with van der Waals surface area (Å²) in [6.07, 6.45) is 0. The van der Waals surface area contributed by atoms with E-state index in [0.29, 0.717) is 0 Å². The number of sulfonamides is 1. The van der Waals surface area contributed by atoms with Crippen molar-refractivity contribution in [2.45, 2.75) is 9.79 Å². The molecule has 9 heteroatoms. The molecule has 2 aromatic carbocycles. The van der Waals surface area contributed by atoms with Gasteiger partial charge in [-0.15, -0.1) is 0 Å². The molecule has 2 N–H and O–H groups in total. The quantitative estimate of drug-likeness (QED) is 0.825. The summed E-state index contributed by atoms with van der Waals surface area (Å²) in [5.41, 5.74) is 0. The van der Waals surface area contributed by atoms with Gasteiger partial charge in [0.2, 0.25) is 10.0 Å². The second kappa shape index (κ2) is 7.24. The van der Waals surface area contributed by atoms with Gasteiger partial charge in [0.1, 0.15) is 4.90 Å². The molecule has 0 heterocycles. The first kappa shape index (κ1) is 17.9. The maximum Gasteiger partial charge on any atom is 0.262 e. The van der Waals surface area contributed by atoms with Gasteiger partial charge in [-0.2, -0.15) is 0 Å². The number of rotatable bonds is 2. The molecule has 5 nitrogen and oxygen atoms in total. The number of primary sulfonamides is 1. The zero-order valence-corrected chi connectivity index (χ0v) is 13.6. The van der Waals surface area contributed by atoms with E-state index in [4.69, 9.17) is 27.4 Å². The lowest BCUT2D eigenvalue weighted by Crippen LogP contribution is -2.11. The molecule has 0 aliphatic carbocycles. The highest BCUT2D eigenvalue weighted by molar-refractivity contribution is 8.13. The summed E-state index contributed by atoms with van der Waals surface area (Å²) in [4.78, 5) is 0.0957. The van der Waals surface area contributed by atoms with Crippen molar-refractivity contribution in [1.29, 1.82) is 0 Å². The van der Waals surface area contributed by atoms with Crippen LogP contribution in [0.4, 0.5) is 0 Å². The van der Waals surface area contributed by atoms with Gasteiger partial charge < -0.3 is 0 Å².